The van der Waals surface area contributed by atoms with Gasteiger partial charge in [-0.3, -0.25) is 28.9 Å². The summed E-state index contributed by atoms with van der Waals surface area (Å²) in [5.74, 6) is 1.95. The zero-order chi connectivity index (χ0) is 73.9. The van der Waals surface area contributed by atoms with Crippen molar-refractivity contribution in [2.24, 2.45) is 0 Å². The van der Waals surface area contributed by atoms with Gasteiger partial charge in [0.1, 0.15) is 23.7 Å². The molecule has 0 saturated carbocycles. The summed E-state index contributed by atoms with van der Waals surface area (Å²) in [4.78, 5) is 49.0. The molecule has 19 nitrogen and oxygen atoms in total. The molecule has 6 aliphatic rings. The lowest BCUT2D eigenvalue weighted by molar-refractivity contribution is -0.325. The van der Waals surface area contributed by atoms with E-state index in [0.29, 0.717) is 167 Å². The van der Waals surface area contributed by atoms with Crippen molar-refractivity contribution in [1.82, 2.24) is 43.5 Å². The van der Waals surface area contributed by atoms with Crippen LogP contribution in [-0.4, -0.2) is 182 Å². The van der Waals surface area contributed by atoms with E-state index in [1.165, 1.54) is 52.2 Å². The molecule has 3 aromatic carbocycles. The molecule has 12 rings (SSSR count). The fraction of sp³-hybridized carbons (Fsp3) is 0.535. The van der Waals surface area contributed by atoms with Gasteiger partial charge in [0, 0.05) is 114 Å². The minimum Gasteiger partial charge on any atom is -0.493 e. The quantitative estimate of drug-likeness (QED) is 0.0765. The molecule has 3 saturated heterocycles. The average Bonchev–Trinajstić information content (AvgIpc) is 1.67. The number of nitrogens with one attached hydrogen (secondary N) is 1. The molecule has 31 heteroatoms. The molecule has 3 aromatic heterocycles. The van der Waals surface area contributed by atoms with Crippen molar-refractivity contribution >= 4 is 17.7 Å². The summed E-state index contributed by atoms with van der Waals surface area (Å²) in [6.07, 6.45) is -14.8. The predicted molar refractivity (Wildman–Crippen MR) is 352 cm³/mol. The second-order valence-electron chi connectivity index (χ2n) is 26.0. The number of amides is 3. The normalized spacial score (nSPS) is 18.1. The van der Waals surface area contributed by atoms with Gasteiger partial charge in [-0.15, -0.1) is 13.2 Å². The maximum Gasteiger partial charge on any atom is 0.522 e. The molecular formula is C71H87F12N9O10. The third-order valence-electron chi connectivity index (χ3n) is 20.2. The molecule has 102 heavy (non-hydrogen) atoms. The van der Waals surface area contributed by atoms with Gasteiger partial charge in [0.15, 0.2) is 34.5 Å². The second kappa shape index (κ2) is 30.6. The number of nitrogens with zero attached hydrogens (tertiary/aromatic N) is 8. The van der Waals surface area contributed by atoms with Crippen LogP contribution in [0.5, 0.6) is 34.5 Å². The lowest BCUT2D eigenvalue weighted by Gasteiger charge is -2.52. The second-order valence-corrected chi connectivity index (χ2v) is 26.0. The third-order valence-corrected chi connectivity index (χ3v) is 20.2. The lowest BCUT2D eigenvalue weighted by Crippen LogP contribution is -2.58. The molecule has 0 unspecified atom stereocenters. The number of likely N-dealkylation sites (N-methyl/N-ethyl adjacent to an activating group) is 2. The van der Waals surface area contributed by atoms with Crippen LogP contribution >= 0.6 is 0 Å². The summed E-state index contributed by atoms with van der Waals surface area (Å²) < 4.78 is 198. The van der Waals surface area contributed by atoms with Gasteiger partial charge in [0.25, 0.3) is 17.7 Å². The van der Waals surface area contributed by atoms with Crippen molar-refractivity contribution in [3.8, 4) is 34.5 Å². The Kier molecular flexibility index (Phi) is 22.9. The molecule has 0 atom stereocenters. The van der Waals surface area contributed by atoms with Crippen LogP contribution in [0.3, 0.4) is 0 Å². The van der Waals surface area contributed by atoms with Crippen LogP contribution in [0, 0.1) is 0 Å². The number of likely N-dealkylation sites (tertiary alicyclic amines) is 3. The highest BCUT2D eigenvalue weighted by atomic mass is 19.4. The Labute approximate surface area is 584 Å². The number of carbonyl (C=O) groups excluding carboxylic acids is 3. The number of hydrogen-bond acceptors (Lipinski definition) is 13. The van der Waals surface area contributed by atoms with Crippen LogP contribution < -0.4 is 33.7 Å². The van der Waals surface area contributed by atoms with Gasteiger partial charge in [-0.25, -0.2) is 0 Å². The lowest BCUT2D eigenvalue weighted by atomic mass is 9.81. The van der Waals surface area contributed by atoms with E-state index in [-0.39, 0.29) is 56.4 Å². The number of hydrogen-bond donors (Lipinski definition) is 1. The average molecular weight is 1450 g/mol. The number of methoxy groups -OCH3 is 3. The van der Waals surface area contributed by atoms with Crippen LogP contribution in [0.15, 0.2) is 91.0 Å². The number of ether oxygens (including phenoxy) is 7. The minimum atomic E-state index is -4.76. The van der Waals surface area contributed by atoms with Crippen LogP contribution in [0.1, 0.15) is 133 Å². The summed E-state index contributed by atoms with van der Waals surface area (Å²) in [7, 11) is 6.32. The summed E-state index contributed by atoms with van der Waals surface area (Å²) >= 11 is 0. The van der Waals surface area contributed by atoms with Crippen LogP contribution in [-0.2, 0) is 59.5 Å². The first-order valence-corrected chi connectivity index (χ1v) is 33.8. The molecule has 6 aliphatic heterocycles. The number of carbonyl (C=O) groups is 3. The summed E-state index contributed by atoms with van der Waals surface area (Å²) in [5, 5.41) is 3.43. The third kappa shape index (κ3) is 15.9. The van der Waals surface area contributed by atoms with Gasteiger partial charge >= 0.3 is 24.9 Å². The summed E-state index contributed by atoms with van der Waals surface area (Å²) in [5.41, 5.74) is -0.241. The van der Waals surface area contributed by atoms with Crippen molar-refractivity contribution in [3.05, 3.63) is 142 Å². The first-order chi connectivity index (χ1) is 48.2. The monoisotopic (exact) mass is 1450 g/mol. The molecule has 1 N–H and O–H groups in total. The van der Waals surface area contributed by atoms with Crippen molar-refractivity contribution in [1.29, 1.82) is 0 Å². The van der Waals surface area contributed by atoms with Gasteiger partial charge in [0.2, 0.25) is 0 Å². The number of rotatable bonds is 15. The topological polar surface area (TPSA) is 159 Å². The van der Waals surface area contributed by atoms with Crippen LogP contribution in [0.2, 0.25) is 0 Å². The van der Waals surface area contributed by atoms with E-state index in [4.69, 9.17) is 28.4 Å². The van der Waals surface area contributed by atoms with Crippen molar-refractivity contribution in [2.75, 3.05) is 114 Å². The zero-order valence-corrected chi connectivity index (χ0v) is 58.0. The first kappa shape index (κ1) is 76.4. The van der Waals surface area contributed by atoms with E-state index >= 15 is 0 Å². The van der Waals surface area contributed by atoms with Gasteiger partial charge in [-0.2, -0.15) is 39.5 Å². The zero-order valence-electron chi connectivity index (χ0n) is 58.0. The van der Waals surface area contributed by atoms with Gasteiger partial charge in [-0.1, -0.05) is 6.92 Å². The molecule has 0 radical (unpaired) electrons. The molecule has 9 heterocycles. The highest BCUT2D eigenvalue weighted by molar-refractivity contribution is 5.96. The Morgan fingerprint density at radius 3 is 1.35 bits per heavy atom. The standard InChI is InChI=1S/C25H32F3N3O3.C24H27F6N3O4.C22H26F3N3O3.H2/c1-5-30-14-15-31-21(8-9-22(31)25(26,27)28)24(30)10-12-29(13-11-24)23(32)18-6-7-19(34-17(2)3)20(16-18)33-4;1-31-11-12-33-19(5-6-20(33)23(25,26)27)22(31)7-9-32(10-8-22)21(34)16-3-4-17(18(15-16)35-2)36-13-14-37-24(28,29)30;1-3-31-17-14-15(4-5-16(17)30-2)20(29)27-11-8-21(9-12-27)18-6-7-19(22(23,24)25)28(18)13-10-26-21;/h6-9,16-17H,5,10-15H2,1-4H3;3-6,15H,7-14H2,1-2H3;4-7,14,26H,3,8-13H2,1-2H3;1H. The van der Waals surface area contributed by atoms with E-state index in [0.717, 1.165) is 18.7 Å². The fourth-order valence-electron chi connectivity index (χ4n) is 15.2. The molecule has 560 valence electrons. The van der Waals surface area contributed by atoms with E-state index < -0.39 is 65.2 Å². The Balaban J connectivity index is 0.000000179. The first-order valence-electron chi connectivity index (χ1n) is 33.8. The molecular weight excluding hydrogens is 1370 g/mol. The Bertz CT molecular complexity index is 3920. The van der Waals surface area contributed by atoms with Gasteiger partial charge < -0.3 is 62.1 Å². The predicted octanol–water partition coefficient (Wildman–Crippen LogP) is 13.2. The number of benzene rings is 3. The maximum atomic E-state index is 13.6. The number of aromatic nitrogens is 3. The van der Waals surface area contributed by atoms with Crippen molar-refractivity contribution < 1.29 is 102 Å². The Morgan fingerprint density at radius 1 is 0.471 bits per heavy atom. The molecule has 3 amide bonds. The van der Waals surface area contributed by atoms with Crippen molar-refractivity contribution in [3.63, 3.8) is 0 Å². The SMILES string of the molecule is CCN1CCn2c(C(F)(F)F)ccc2C12CCN(C(=O)c1ccc(OC(C)C)c(OC)c1)CC2.CCOc1cc(C(=O)N2CCC3(CC2)NCCn2c(C(F)(F)F)ccc23)ccc1OC.COc1cc(C(=O)N2CCC3(CC2)c2ccc(C(F)(F)F)n2CCN3C)ccc1OCCOC(F)(F)F.[HH]. The van der Waals surface area contributed by atoms with Gasteiger partial charge in [-0.05, 0) is 164 Å². The number of piperidine rings is 3. The Morgan fingerprint density at radius 2 is 0.892 bits per heavy atom. The fourth-order valence-corrected chi connectivity index (χ4v) is 15.2. The van der Waals surface area contributed by atoms with Crippen LogP contribution in [0.4, 0.5) is 52.7 Å². The number of alkyl halides is 12. The molecule has 3 spiro atoms. The maximum absolute atomic E-state index is 13.6. The highest BCUT2D eigenvalue weighted by Gasteiger charge is 2.51. The van der Waals surface area contributed by atoms with E-state index in [9.17, 15) is 67.1 Å². The molecule has 0 bridgehead atoms. The Hall–Kier alpha value is -8.29. The minimum absolute atomic E-state index is 0. The molecule has 3 fully saturated rings. The summed E-state index contributed by atoms with van der Waals surface area (Å²) in [6.45, 7) is 12.7. The van der Waals surface area contributed by atoms with E-state index in [2.05, 4.69) is 19.9 Å². The number of fused-ring (bicyclic) bond motifs is 6. The summed E-state index contributed by atoms with van der Waals surface area (Å²) in [6, 6.07) is 22.8. The van der Waals surface area contributed by atoms with E-state index in [1.807, 2.05) is 34.7 Å². The van der Waals surface area contributed by atoms with Crippen LogP contribution in [0.25, 0.3) is 0 Å². The van der Waals surface area contributed by atoms with Gasteiger partial charge in [0.05, 0.1) is 57.3 Å². The highest BCUT2D eigenvalue weighted by Crippen LogP contribution is 2.48. The van der Waals surface area contributed by atoms with Crippen molar-refractivity contribution in [2.45, 2.75) is 133 Å². The largest absolute Gasteiger partial charge is 0.522 e. The number of halogens is 12. The smallest absolute Gasteiger partial charge is 0.493 e. The van der Waals surface area contributed by atoms with E-state index in [1.54, 1.807) is 76.4 Å². The molecule has 6 aromatic rings. The molecule has 0 aliphatic carbocycles.